The highest BCUT2D eigenvalue weighted by atomic mass is 15.4. The van der Waals surface area contributed by atoms with E-state index >= 15 is 0 Å². The molecule has 1 fully saturated rings. The Labute approximate surface area is 149 Å². The SMILES string of the molecule is Cc1ccc2nnc(C3CCN(c4ccc5nnc(C)n5n4)CC3)n2n1. The van der Waals surface area contributed by atoms with Crippen LogP contribution in [-0.2, 0) is 0 Å². The second kappa shape index (κ2) is 5.72. The Kier molecular flexibility index (Phi) is 3.34. The largest absolute Gasteiger partial charge is 0.355 e. The van der Waals surface area contributed by atoms with Crippen molar-refractivity contribution in [3.8, 4) is 0 Å². The van der Waals surface area contributed by atoms with E-state index < -0.39 is 0 Å². The lowest BCUT2D eigenvalue weighted by Crippen LogP contribution is -2.34. The number of hydrogen-bond acceptors (Lipinski definition) is 7. The molecule has 9 heteroatoms. The summed E-state index contributed by atoms with van der Waals surface area (Å²) < 4.78 is 3.68. The van der Waals surface area contributed by atoms with E-state index in [9.17, 15) is 0 Å². The van der Waals surface area contributed by atoms with Gasteiger partial charge in [-0.15, -0.1) is 25.5 Å². The third-order valence-electron chi connectivity index (χ3n) is 5.01. The standard InChI is InChI=1S/C17H19N9/c1-11-3-4-15-20-21-17(26(15)22-11)13-7-9-24(10-8-13)16-6-5-14-19-18-12(2)25(14)23-16/h3-6,13H,7-10H2,1-2H3. The molecule has 0 atom stereocenters. The average Bonchev–Trinajstić information content (AvgIpc) is 3.25. The van der Waals surface area contributed by atoms with E-state index in [4.69, 9.17) is 0 Å². The van der Waals surface area contributed by atoms with E-state index in [1.54, 1.807) is 4.52 Å². The molecule has 132 valence electrons. The smallest absolute Gasteiger partial charge is 0.178 e. The Bertz CT molecular complexity index is 1090. The van der Waals surface area contributed by atoms with Gasteiger partial charge < -0.3 is 4.90 Å². The van der Waals surface area contributed by atoms with E-state index in [0.29, 0.717) is 5.92 Å². The van der Waals surface area contributed by atoms with Crippen molar-refractivity contribution >= 4 is 17.1 Å². The number of aryl methyl sites for hydroxylation is 2. The maximum atomic E-state index is 4.68. The Morgan fingerprint density at radius 3 is 2.38 bits per heavy atom. The Morgan fingerprint density at radius 1 is 0.808 bits per heavy atom. The highest BCUT2D eigenvalue weighted by Crippen LogP contribution is 2.29. The lowest BCUT2D eigenvalue weighted by atomic mass is 9.96. The summed E-state index contributed by atoms with van der Waals surface area (Å²) in [5.41, 5.74) is 2.55. The van der Waals surface area contributed by atoms with Crippen LogP contribution in [0.25, 0.3) is 11.3 Å². The predicted molar refractivity (Wildman–Crippen MR) is 95.2 cm³/mol. The van der Waals surface area contributed by atoms with Crippen LogP contribution in [0, 0.1) is 13.8 Å². The molecule has 9 nitrogen and oxygen atoms in total. The van der Waals surface area contributed by atoms with Gasteiger partial charge in [0.25, 0.3) is 0 Å². The topological polar surface area (TPSA) is 89.4 Å². The van der Waals surface area contributed by atoms with Crippen LogP contribution < -0.4 is 4.90 Å². The lowest BCUT2D eigenvalue weighted by Gasteiger charge is -2.31. The van der Waals surface area contributed by atoms with Crippen LogP contribution in [0.4, 0.5) is 5.82 Å². The van der Waals surface area contributed by atoms with Gasteiger partial charge in [-0.05, 0) is 51.0 Å². The van der Waals surface area contributed by atoms with Crippen molar-refractivity contribution in [2.45, 2.75) is 32.6 Å². The summed E-state index contributed by atoms with van der Waals surface area (Å²) in [6, 6.07) is 7.91. The van der Waals surface area contributed by atoms with Crippen LogP contribution in [0.5, 0.6) is 0 Å². The molecule has 0 amide bonds. The van der Waals surface area contributed by atoms with Crippen molar-refractivity contribution in [3.63, 3.8) is 0 Å². The first kappa shape index (κ1) is 15.2. The third kappa shape index (κ3) is 2.39. The molecular formula is C17H19N9. The van der Waals surface area contributed by atoms with Gasteiger partial charge in [-0.25, -0.2) is 0 Å². The van der Waals surface area contributed by atoms with Crippen LogP contribution in [-0.4, -0.2) is 52.7 Å². The Balaban J connectivity index is 1.38. The summed E-state index contributed by atoms with van der Waals surface area (Å²) in [5.74, 6) is 3.07. The molecule has 0 unspecified atom stereocenters. The number of piperidine rings is 1. The van der Waals surface area contributed by atoms with Crippen molar-refractivity contribution in [2.75, 3.05) is 18.0 Å². The van der Waals surface area contributed by atoms with Crippen LogP contribution >= 0.6 is 0 Å². The maximum absolute atomic E-state index is 4.68. The Morgan fingerprint density at radius 2 is 1.54 bits per heavy atom. The zero-order chi connectivity index (χ0) is 17.7. The molecule has 0 radical (unpaired) electrons. The predicted octanol–water partition coefficient (Wildman–Crippen LogP) is 1.56. The minimum absolute atomic E-state index is 0.357. The second-order valence-electron chi connectivity index (χ2n) is 6.77. The van der Waals surface area contributed by atoms with Crippen molar-refractivity contribution in [2.24, 2.45) is 0 Å². The van der Waals surface area contributed by atoms with Gasteiger partial charge in [0.05, 0.1) is 5.69 Å². The fraction of sp³-hybridized carbons (Fsp3) is 0.412. The molecule has 4 aromatic rings. The molecule has 0 saturated carbocycles. The van der Waals surface area contributed by atoms with E-state index in [1.807, 2.05) is 42.6 Å². The van der Waals surface area contributed by atoms with Gasteiger partial charge in [0.15, 0.2) is 22.9 Å². The number of aromatic nitrogens is 8. The van der Waals surface area contributed by atoms with Crippen LogP contribution in [0.3, 0.4) is 0 Å². The zero-order valence-corrected chi connectivity index (χ0v) is 14.7. The molecule has 0 aliphatic carbocycles. The fourth-order valence-electron chi connectivity index (χ4n) is 3.57. The van der Waals surface area contributed by atoms with E-state index in [2.05, 4.69) is 35.5 Å². The van der Waals surface area contributed by atoms with Crippen molar-refractivity contribution in [1.29, 1.82) is 0 Å². The Hall–Kier alpha value is -3.10. The van der Waals surface area contributed by atoms with Gasteiger partial charge in [0, 0.05) is 19.0 Å². The number of fused-ring (bicyclic) bond motifs is 2. The third-order valence-corrected chi connectivity index (χ3v) is 5.01. The number of rotatable bonds is 2. The highest BCUT2D eigenvalue weighted by Gasteiger charge is 2.26. The van der Waals surface area contributed by atoms with Gasteiger partial charge in [-0.1, -0.05) is 0 Å². The number of nitrogens with zero attached hydrogens (tertiary/aromatic N) is 9. The molecule has 0 spiro atoms. The molecule has 4 aromatic heterocycles. The molecule has 0 bridgehead atoms. The van der Waals surface area contributed by atoms with Crippen LogP contribution in [0.2, 0.25) is 0 Å². The first-order chi connectivity index (χ1) is 12.7. The molecular weight excluding hydrogens is 330 g/mol. The second-order valence-corrected chi connectivity index (χ2v) is 6.77. The summed E-state index contributed by atoms with van der Waals surface area (Å²) in [6.07, 6.45) is 1.99. The van der Waals surface area contributed by atoms with Crippen LogP contribution in [0.1, 0.15) is 36.1 Å². The normalized spacial score (nSPS) is 16.0. The van der Waals surface area contributed by atoms with Gasteiger partial charge in [-0.3, -0.25) is 0 Å². The molecule has 5 heterocycles. The first-order valence-electron chi connectivity index (χ1n) is 8.82. The average molecular weight is 349 g/mol. The fourth-order valence-corrected chi connectivity index (χ4v) is 3.57. The summed E-state index contributed by atoms with van der Waals surface area (Å²) in [4.78, 5) is 2.30. The maximum Gasteiger partial charge on any atom is 0.178 e. The monoisotopic (exact) mass is 349 g/mol. The summed E-state index contributed by atoms with van der Waals surface area (Å²) >= 11 is 0. The summed E-state index contributed by atoms with van der Waals surface area (Å²) in [6.45, 7) is 5.74. The number of anilines is 1. The molecule has 1 aliphatic heterocycles. The van der Waals surface area contributed by atoms with Gasteiger partial charge in [-0.2, -0.15) is 14.1 Å². The molecule has 5 rings (SSSR count). The highest BCUT2D eigenvalue weighted by molar-refractivity contribution is 5.46. The summed E-state index contributed by atoms with van der Waals surface area (Å²) in [5, 5.41) is 26.1. The molecule has 1 aliphatic rings. The summed E-state index contributed by atoms with van der Waals surface area (Å²) in [7, 11) is 0. The quantitative estimate of drug-likeness (QED) is 0.542. The van der Waals surface area contributed by atoms with Crippen molar-refractivity contribution in [1.82, 2.24) is 39.6 Å². The molecule has 1 saturated heterocycles. The van der Waals surface area contributed by atoms with E-state index in [-0.39, 0.29) is 0 Å². The number of hydrogen-bond donors (Lipinski definition) is 0. The van der Waals surface area contributed by atoms with Crippen molar-refractivity contribution in [3.05, 3.63) is 41.6 Å². The van der Waals surface area contributed by atoms with Crippen LogP contribution in [0.15, 0.2) is 24.3 Å². The zero-order valence-electron chi connectivity index (χ0n) is 14.7. The van der Waals surface area contributed by atoms with Gasteiger partial charge in [0.2, 0.25) is 0 Å². The van der Waals surface area contributed by atoms with E-state index in [0.717, 1.165) is 60.4 Å². The van der Waals surface area contributed by atoms with E-state index in [1.165, 1.54) is 0 Å². The minimum Gasteiger partial charge on any atom is -0.355 e. The lowest BCUT2D eigenvalue weighted by molar-refractivity contribution is 0.473. The van der Waals surface area contributed by atoms with Crippen molar-refractivity contribution < 1.29 is 0 Å². The molecule has 26 heavy (non-hydrogen) atoms. The molecule has 0 aromatic carbocycles. The minimum atomic E-state index is 0.357. The first-order valence-corrected chi connectivity index (χ1v) is 8.82. The van der Waals surface area contributed by atoms with Gasteiger partial charge in [0.1, 0.15) is 5.82 Å². The molecule has 0 N–H and O–H groups in total. The van der Waals surface area contributed by atoms with Gasteiger partial charge >= 0.3 is 0 Å².